The maximum Gasteiger partial charge on any atom is 0.303 e. The van der Waals surface area contributed by atoms with E-state index in [0.717, 1.165) is 32.1 Å². The molecule has 0 aliphatic heterocycles. The van der Waals surface area contributed by atoms with Gasteiger partial charge in [-0.05, 0) is 12.8 Å². The molecule has 0 unspecified atom stereocenters. The highest BCUT2D eigenvalue weighted by Gasteiger charge is 1.96. The van der Waals surface area contributed by atoms with Crippen molar-refractivity contribution in [2.45, 2.75) is 83.5 Å². The van der Waals surface area contributed by atoms with E-state index in [2.05, 4.69) is 17.8 Å². The van der Waals surface area contributed by atoms with E-state index in [1.54, 1.807) is 0 Å². The molecule has 0 radical (unpaired) electrons. The van der Waals surface area contributed by atoms with Gasteiger partial charge < -0.3 is 5.11 Å². The van der Waals surface area contributed by atoms with Gasteiger partial charge in [-0.3, -0.25) is 4.79 Å². The van der Waals surface area contributed by atoms with Crippen molar-refractivity contribution in [1.29, 1.82) is 0 Å². The Bertz CT molecular complexity index is 328. The minimum Gasteiger partial charge on any atom is -0.481 e. The summed E-state index contributed by atoms with van der Waals surface area (Å²) in [5, 5.41) is 8.50. The fourth-order valence-corrected chi connectivity index (χ4v) is 2.04. The van der Waals surface area contributed by atoms with E-state index in [0.29, 0.717) is 6.42 Å². The van der Waals surface area contributed by atoms with E-state index in [-0.39, 0.29) is 0 Å². The third-order valence-corrected chi connectivity index (χ3v) is 3.21. The van der Waals surface area contributed by atoms with Crippen molar-refractivity contribution in [3.8, 4) is 24.2 Å². The Hall–Kier alpha value is -1.41. The van der Waals surface area contributed by atoms with Crippen molar-refractivity contribution in [2.75, 3.05) is 0 Å². The maximum atomic E-state index is 10.3. The lowest BCUT2D eigenvalue weighted by Gasteiger charge is -2.01. The lowest BCUT2D eigenvalue weighted by molar-refractivity contribution is -0.137. The highest BCUT2D eigenvalue weighted by atomic mass is 16.4. The summed E-state index contributed by atoms with van der Waals surface area (Å²) in [4.78, 5) is 10.3. The molecular weight excluding hydrogens is 248 g/mol. The maximum absolute atomic E-state index is 10.3. The van der Waals surface area contributed by atoms with Gasteiger partial charge >= 0.3 is 5.97 Å². The van der Waals surface area contributed by atoms with Crippen molar-refractivity contribution in [2.24, 2.45) is 0 Å². The zero-order chi connectivity index (χ0) is 14.9. The molecule has 0 bridgehead atoms. The first-order chi connectivity index (χ1) is 9.77. The number of hydrogen-bond donors (Lipinski definition) is 1. The first-order valence-corrected chi connectivity index (χ1v) is 7.88. The van der Waals surface area contributed by atoms with Crippen LogP contribution < -0.4 is 0 Å². The van der Waals surface area contributed by atoms with Crippen LogP contribution in [0.25, 0.3) is 0 Å². The molecule has 0 atom stereocenters. The molecular formula is C18H28O2. The number of carboxylic acid groups (broad SMARTS) is 1. The summed E-state index contributed by atoms with van der Waals surface area (Å²) in [6, 6.07) is 0. The third-order valence-electron chi connectivity index (χ3n) is 3.21. The largest absolute Gasteiger partial charge is 0.481 e. The summed E-state index contributed by atoms with van der Waals surface area (Å²) >= 11 is 0. The Labute approximate surface area is 124 Å². The van der Waals surface area contributed by atoms with E-state index >= 15 is 0 Å². The Morgan fingerprint density at radius 3 is 1.80 bits per heavy atom. The second-order valence-electron chi connectivity index (χ2n) is 5.13. The Morgan fingerprint density at radius 1 is 0.750 bits per heavy atom. The number of aliphatic carboxylic acids is 1. The molecule has 0 amide bonds. The minimum atomic E-state index is -0.674. The number of rotatable bonds is 12. The zero-order valence-electron chi connectivity index (χ0n) is 12.6. The van der Waals surface area contributed by atoms with E-state index in [9.17, 15) is 4.79 Å². The second kappa shape index (κ2) is 15.6. The lowest BCUT2D eigenvalue weighted by atomic mass is 10.1. The van der Waals surface area contributed by atoms with Gasteiger partial charge in [-0.2, -0.15) is 0 Å². The number of carboxylic acids is 1. The van der Waals surface area contributed by atoms with E-state index in [1.807, 2.05) is 0 Å². The Balaban J connectivity index is 3.07. The molecule has 2 nitrogen and oxygen atoms in total. The topological polar surface area (TPSA) is 37.3 Å². The average Bonchev–Trinajstić information content (AvgIpc) is 2.43. The molecule has 0 fully saturated rings. The Kier molecular flexibility index (Phi) is 14.5. The normalized spacial score (nSPS) is 9.55. The average molecular weight is 276 g/mol. The first kappa shape index (κ1) is 18.6. The van der Waals surface area contributed by atoms with Crippen molar-refractivity contribution < 1.29 is 9.90 Å². The molecule has 0 aromatic carbocycles. The van der Waals surface area contributed by atoms with E-state index < -0.39 is 5.97 Å². The van der Waals surface area contributed by atoms with Crippen LogP contribution in [0.4, 0.5) is 0 Å². The van der Waals surface area contributed by atoms with Crippen LogP contribution in [0, 0.1) is 24.2 Å². The quantitative estimate of drug-likeness (QED) is 0.411. The predicted octanol–water partition coefficient (Wildman–Crippen LogP) is 4.78. The van der Waals surface area contributed by atoms with Gasteiger partial charge in [-0.25, -0.2) is 0 Å². The molecule has 0 aromatic heterocycles. The van der Waals surface area contributed by atoms with Crippen molar-refractivity contribution >= 4 is 5.97 Å². The molecule has 0 spiro atoms. The molecule has 0 aliphatic carbocycles. The van der Waals surface area contributed by atoms with Gasteiger partial charge in [0.05, 0.1) is 0 Å². The number of unbranched alkanes of at least 4 members (excludes halogenated alkanes) is 10. The van der Waals surface area contributed by atoms with E-state index in [4.69, 9.17) is 11.5 Å². The van der Waals surface area contributed by atoms with Crippen LogP contribution in [0.15, 0.2) is 0 Å². The zero-order valence-corrected chi connectivity index (χ0v) is 12.6. The van der Waals surface area contributed by atoms with Gasteiger partial charge in [0.25, 0.3) is 0 Å². The molecule has 0 saturated carbocycles. The van der Waals surface area contributed by atoms with Gasteiger partial charge in [0.15, 0.2) is 0 Å². The van der Waals surface area contributed by atoms with Crippen LogP contribution in [0.5, 0.6) is 0 Å². The SMILES string of the molecule is C#CCCC#CCCCCCCCCCCCC(=O)O. The van der Waals surface area contributed by atoms with Gasteiger partial charge in [-0.15, -0.1) is 24.2 Å². The summed E-state index contributed by atoms with van der Waals surface area (Å²) in [5.74, 6) is 8.16. The highest BCUT2D eigenvalue weighted by Crippen LogP contribution is 2.11. The van der Waals surface area contributed by atoms with Crippen LogP contribution in [-0.2, 0) is 4.79 Å². The van der Waals surface area contributed by atoms with Crippen molar-refractivity contribution in [1.82, 2.24) is 0 Å². The molecule has 0 aliphatic rings. The minimum absolute atomic E-state index is 0.322. The predicted molar refractivity (Wildman–Crippen MR) is 84.3 cm³/mol. The Morgan fingerprint density at radius 2 is 1.25 bits per heavy atom. The molecule has 0 saturated heterocycles. The third kappa shape index (κ3) is 16.6. The van der Waals surface area contributed by atoms with Crippen molar-refractivity contribution in [3.05, 3.63) is 0 Å². The van der Waals surface area contributed by atoms with Crippen LogP contribution >= 0.6 is 0 Å². The highest BCUT2D eigenvalue weighted by molar-refractivity contribution is 5.66. The van der Waals surface area contributed by atoms with Crippen LogP contribution in [-0.4, -0.2) is 11.1 Å². The van der Waals surface area contributed by atoms with Crippen molar-refractivity contribution in [3.63, 3.8) is 0 Å². The monoisotopic (exact) mass is 276 g/mol. The lowest BCUT2D eigenvalue weighted by Crippen LogP contribution is -1.93. The molecule has 0 heterocycles. The second-order valence-corrected chi connectivity index (χ2v) is 5.13. The molecule has 1 N–H and O–H groups in total. The van der Waals surface area contributed by atoms with Crippen LogP contribution in [0.2, 0.25) is 0 Å². The first-order valence-electron chi connectivity index (χ1n) is 7.88. The molecule has 0 aromatic rings. The van der Waals surface area contributed by atoms with Gasteiger partial charge in [0, 0.05) is 25.7 Å². The molecule has 2 heteroatoms. The molecule has 0 rings (SSSR count). The number of terminal acetylenes is 1. The fraction of sp³-hybridized carbons (Fsp3) is 0.722. The summed E-state index contributed by atoms with van der Waals surface area (Å²) in [5.41, 5.74) is 0. The molecule has 20 heavy (non-hydrogen) atoms. The van der Waals surface area contributed by atoms with Gasteiger partial charge in [0.1, 0.15) is 0 Å². The molecule has 112 valence electrons. The fourth-order valence-electron chi connectivity index (χ4n) is 2.04. The number of carbonyl (C=O) groups is 1. The summed E-state index contributed by atoms with van der Waals surface area (Å²) in [6.45, 7) is 0. The standard InChI is InChI=1S/C18H28O2/c1-2-3-4-5-6-7-8-9-10-11-12-13-14-15-16-17-18(19)20/h1H,3-4,7-17H2,(H,19,20). The summed E-state index contributed by atoms with van der Waals surface area (Å²) in [6.07, 6.45) is 18.7. The van der Waals surface area contributed by atoms with Gasteiger partial charge in [-0.1, -0.05) is 44.9 Å². The van der Waals surface area contributed by atoms with E-state index in [1.165, 1.54) is 44.9 Å². The number of hydrogen-bond acceptors (Lipinski definition) is 1. The van der Waals surface area contributed by atoms with Crippen LogP contribution in [0.3, 0.4) is 0 Å². The smallest absolute Gasteiger partial charge is 0.303 e. The van der Waals surface area contributed by atoms with Crippen LogP contribution in [0.1, 0.15) is 83.5 Å². The van der Waals surface area contributed by atoms with Gasteiger partial charge in [0.2, 0.25) is 0 Å². The summed E-state index contributed by atoms with van der Waals surface area (Å²) < 4.78 is 0. The summed E-state index contributed by atoms with van der Waals surface area (Å²) in [7, 11) is 0.